The lowest BCUT2D eigenvalue weighted by molar-refractivity contribution is -0.0171. The second-order valence-corrected chi connectivity index (χ2v) is 6.49. The minimum atomic E-state index is -0.941. The molecule has 1 aromatic carbocycles. The zero-order valence-electron chi connectivity index (χ0n) is 12.7. The van der Waals surface area contributed by atoms with Crippen LogP contribution in [-0.2, 0) is 12.0 Å². The first-order valence-electron chi connectivity index (χ1n) is 8.06. The van der Waals surface area contributed by atoms with Gasteiger partial charge in [0, 0.05) is 23.5 Å². The highest BCUT2D eigenvalue weighted by molar-refractivity contribution is 5.70. The van der Waals surface area contributed by atoms with E-state index in [0.29, 0.717) is 0 Å². The molecule has 0 fully saturated rings. The predicted octanol–water partition coefficient (Wildman–Crippen LogP) is 3.07. The van der Waals surface area contributed by atoms with Crippen LogP contribution in [0.3, 0.4) is 0 Å². The molecule has 1 aliphatic carbocycles. The molecular weight excluding hydrogens is 286 g/mol. The van der Waals surface area contributed by atoms with Gasteiger partial charge in [-0.25, -0.2) is 4.98 Å². The van der Waals surface area contributed by atoms with Crippen LogP contribution in [0.2, 0.25) is 0 Å². The Bertz CT molecular complexity index is 901. The lowest BCUT2D eigenvalue weighted by atomic mass is 9.73. The summed E-state index contributed by atoms with van der Waals surface area (Å²) in [7, 11) is 0. The van der Waals surface area contributed by atoms with Crippen molar-refractivity contribution in [2.45, 2.75) is 30.9 Å². The average Bonchev–Trinajstić information content (AvgIpc) is 3.15. The van der Waals surface area contributed by atoms with Crippen molar-refractivity contribution in [3.8, 4) is 11.3 Å². The Balaban J connectivity index is 1.77. The molecule has 1 aliphatic heterocycles. The summed E-state index contributed by atoms with van der Waals surface area (Å²) < 4.78 is 2.12. The van der Waals surface area contributed by atoms with Gasteiger partial charge in [-0.15, -0.1) is 0 Å². The Morgan fingerprint density at radius 1 is 1.13 bits per heavy atom. The molecule has 4 nitrogen and oxygen atoms in total. The second kappa shape index (κ2) is 4.52. The third kappa shape index (κ3) is 1.64. The smallest absolute Gasteiger partial charge is 0.116 e. The molecule has 0 radical (unpaired) electrons. The van der Waals surface area contributed by atoms with Crippen LogP contribution in [0, 0.1) is 0 Å². The minimum absolute atomic E-state index is 0.139. The van der Waals surface area contributed by atoms with E-state index < -0.39 is 5.60 Å². The van der Waals surface area contributed by atoms with Gasteiger partial charge in [0.2, 0.25) is 0 Å². The number of aliphatic hydroxyl groups is 1. The van der Waals surface area contributed by atoms with Crippen molar-refractivity contribution in [2.24, 2.45) is 0 Å². The zero-order chi connectivity index (χ0) is 15.4. The molecule has 1 N–H and O–H groups in total. The number of imidazole rings is 1. The van der Waals surface area contributed by atoms with Crippen molar-refractivity contribution in [1.29, 1.82) is 0 Å². The van der Waals surface area contributed by atoms with E-state index in [1.165, 1.54) is 16.7 Å². The number of hydrogen-bond acceptors (Lipinski definition) is 3. The van der Waals surface area contributed by atoms with Gasteiger partial charge in [0.15, 0.2) is 0 Å². The van der Waals surface area contributed by atoms with Crippen molar-refractivity contribution in [2.75, 3.05) is 0 Å². The van der Waals surface area contributed by atoms with E-state index in [2.05, 4.69) is 26.7 Å². The van der Waals surface area contributed by atoms with Gasteiger partial charge in [-0.2, -0.15) is 0 Å². The van der Waals surface area contributed by atoms with Crippen molar-refractivity contribution in [3.63, 3.8) is 0 Å². The highest BCUT2D eigenvalue weighted by Crippen LogP contribution is 2.51. The Labute approximate surface area is 134 Å². The van der Waals surface area contributed by atoms with E-state index in [1.807, 2.05) is 43.1 Å². The summed E-state index contributed by atoms with van der Waals surface area (Å²) in [6.07, 6.45) is 10.1. The third-order valence-corrected chi connectivity index (χ3v) is 5.31. The fraction of sp³-hybridized carbons (Fsp3) is 0.263. The zero-order valence-corrected chi connectivity index (χ0v) is 12.7. The maximum atomic E-state index is 11.7. The number of fused-ring (bicyclic) bond motifs is 4. The minimum Gasteiger partial charge on any atom is -0.383 e. The fourth-order valence-electron chi connectivity index (χ4n) is 4.32. The van der Waals surface area contributed by atoms with Crippen LogP contribution in [-0.4, -0.2) is 19.6 Å². The fourth-order valence-corrected chi connectivity index (χ4v) is 4.32. The highest BCUT2D eigenvalue weighted by Gasteiger charge is 2.47. The molecule has 0 saturated carbocycles. The van der Waals surface area contributed by atoms with Crippen LogP contribution in [0.4, 0.5) is 0 Å². The summed E-state index contributed by atoms with van der Waals surface area (Å²) in [5.41, 5.74) is 4.65. The number of pyridine rings is 1. The van der Waals surface area contributed by atoms with Crippen LogP contribution in [0.25, 0.3) is 11.3 Å². The van der Waals surface area contributed by atoms with E-state index in [1.54, 1.807) is 0 Å². The summed E-state index contributed by atoms with van der Waals surface area (Å²) in [6, 6.07) is 10.2. The van der Waals surface area contributed by atoms with Gasteiger partial charge < -0.3 is 9.67 Å². The van der Waals surface area contributed by atoms with Gasteiger partial charge in [-0.3, -0.25) is 4.98 Å². The van der Waals surface area contributed by atoms with Crippen LogP contribution >= 0.6 is 0 Å². The molecule has 2 aliphatic rings. The Hall–Kier alpha value is -2.46. The van der Waals surface area contributed by atoms with Crippen molar-refractivity contribution in [1.82, 2.24) is 14.5 Å². The summed E-state index contributed by atoms with van der Waals surface area (Å²) in [5, 5.41) is 11.7. The molecule has 0 bridgehead atoms. The first-order chi connectivity index (χ1) is 11.3. The van der Waals surface area contributed by atoms with Crippen molar-refractivity contribution < 1.29 is 5.11 Å². The van der Waals surface area contributed by atoms with Gasteiger partial charge in [-0.1, -0.05) is 24.3 Å². The van der Waals surface area contributed by atoms with Crippen molar-refractivity contribution in [3.05, 3.63) is 71.9 Å². The quantitative estimate of drug-likeness (QED) is 0.751. The molecule has 0 spiro atoms. The molecule has 3 heterocycles. The Morgan fingerprint density at radius 3 is 3.00 bits per heavy atom. The van der Waals surface area contributed by atoms with E-state index in [-0.39, 0.29) is 6.04 Å². The molecule has 0 unspecified atom stereocenters. The van der Waals surface area contributed by atoms with Crippen LogP contribution in [0.5, 0.6) is 0 Å². The number of benzene rings is 1. The van der Waals surface area contributed by atoms with Gasteiger partial charge >= 0.3 is 0 Å². The van der Waals surface area contributed by atoms with E-state index in [9.17, 15) is 5.11 Å². The molecule has 0 amide bonds. The first kappa shape index (κ1) is 13.0. The molecule has 2 aromatic heterocycles. The summed E-state index contributed by atoms with van der Waals surface area (Å²) in [6.45, 7) is 0. The normalized spacial score (nSPS) is 24.8. The number of aromatic nitrogens is 3. The molecule has 4 heteroatoms. The maximum absolute atomic E-state index is 11.7. The molecule has 2 atom stereocenters. The number of nitrogens with zero attached hydrogens (tertiary/aromatic N) is 3. The van der Waals surface area contributed by atoms with Gasteiger partial charge in [0.25, 0.3) is 0 Å². The van der Waals surface area contributed by atoms with Gasteiger partial charge in [0.05, 0.1) is 24.3 Å². The monoisotopic (exact) mass is 303 g/mol. The molecule has 0 saturated heterocycles. The lowest BCUT2D eigenvalue weighted by Crippen LogP contribution is -2.39. The Morgan fingerprint density at radius 2 is 2.04 bits per heavy atom. The summed E-state index contributed by atoms with van der Waals surface area (Å²) in [4.78, 5) is 8.59. The molecule has 5 rings (SSSR count). The van der Waals surface area contributed by atoms with E-state index in [0.717, 1.165) is 30.5 Å². The SMILES string of the molecule is O[C@]1([C@H]2c3ccccc3-c3cncn32)CCCc2ccncc21. The topological polar surface area (TPSA) is 50.9 Å². The highest BCUT2D eigenvalue weighted by atomic mass is 16.3. The van der Waals surface area contributed by atoms with E-state index >= 15 is 0 Å². The van der Waals surface area contributed by atoms with Gasteiger partial charge in [-0.05, 0) is 36.5 Å². The predicted molar refractivity (Wildman–Crippen MR) is 86.9 cm³/mol. The number of hydrogen-bond donors (Lipinski definition) is 1. The first-order valence-corrected chi connectivity index (χ1v) is 8.06. The standard InChI is InChI=1S/C19H17N3O/c23-19(8-3-4-13-7-9-20-10-16(13)19)18-15-6-2-1-5-14(15)17-11-21-12-22(17)18/h1-2,5-7,9-12,18,23H,3-4,8H2/t18-,19-/m1/s1. The van der Waals surface area contributed by atoms with Crippen LogP contribution < -0.4 is 0 Å². The van der Waals surface area contributed by atoms with Crippen molar-refractivity contribution >= 4 is 0 Å². The van der Waals surface area contributed by atoms with E-state index in [4.69, 9.17) is 0 Å². The van der Waals surface area contributed by atoms with Crippen LogP contribution in [0.1, 0.15) is 35.6 Å². The lowest BCUT2D eigenvalue weighted by Gasteiger charge is -2.39. The Kier molecular flexibility index (Phi) is 2.56. The molecule has 23 heavy (non-hydrogen) atoms. The molecule has 114 valence electrons. The average molecular weight is 303 g/mol. The number of rotatable bonds is 1. The number of aryl methyl sites for hydroxylation is 1. The summed E-state index contributed by atoms with van der Waals surface area (Å²) in [5.74, 6) is 0. The summed E-state index contributed by atoms with van der Waals surface area (Å²) >= 11 is 0. The van der Waals surface area contributed by atoms with Gasteiger partial charge in [0.1, 0.15) is 5.60 Å². The largest absolute Gasteiger partial charge is 0.383 e. The van der Waals surface area contributed by atoms with Crippen LogP contribution in [0.15, 0.2) is 55.2 Å². The maximum Gasteiger partial charge on any atom is 0.116 e. The third-order valence-electron chi connectivity index (χ3n) is 5.31. The molecule has 3 aromatic rings. The molecular formula is C19H17N3O. The second-order valence-electron chi connectivity index (χ2n) is 6.49.